The number of nitrogens with zero attached hydrogens (tertiary/aromatic N) is 3. The number of primary amides is 1. The highest BCUT2D eigenvalue weighted by molar-refractivity contribution is 5.99. The molecule has 3 rings (SSSR count). The van der Waals surface area contributed by atoms with Gasteiger partial charge in [-0.3, -0.25) is 14.6 Å². The van der Waals surface area contributed by atoms with Gasteiger partial charge in [0.2, 0.25) is 5.91 Å². The van der Waals surface area contributed by atoms with Crippen molar-refractivity contribution in [2.24, 2.45) is 11.7 Å². The maximum Gasteiger partial charge on any atom is 0.252 e. The normalized spacial score (nSPS) is 19.7. The average Bonchev–Trinajstić information content (AvgIpc) is 3.02. The van der Waals surface area contributed by atoms with Crippen molar-refractivity contribution < 1.29 is 9.59 Å². The smallest absolute Gasteiger partial charge is 0.252 e. The molecule has 1 aromatic heterocycles. The third-order valence-electron chi connectivity index (χ3n) is 4.68. The number of nitrogens with two attached hydrogens (primary N) is 1. The zero-order valence-electron chi connectivity index (χ0n) is 12.7. The van der Waals surface area contributed by atoms with Crippen LogP contribution in [-0.4, -0.2) is 47.9 Å². The first-order chi connectivity index (χ1) is 10.6. The minimum atomic E-state index is -0.510. The molecule has 1 aliphatic carbocycles. The highest BCUT2D eigenvalue weighted by Gasteiger charge is 2.28. The largest absolute Gasteiger partial charge is 0.365 e. The van der Waals surface area contributed by atoms with Crippen LogP contribution in [-0.2, 0) is 4.79 Å². The van der Waals surface area contributed by atoms with Gasteiger partial charge in [-0.25, -0.2) is 0 Å². The van der Waals surface area contributed by atoms with Crippen LogP contribution in [0.4, 0.5) is 5.69 Å². The Morgan fingerprint density at radius 3 is 2.77 bits per heavy atom. The van der Waals surface area contributed by atoms with Gasteiger partial charge < -0.3 is 15.5 Å². The summed E-state index contributed by atoms with van der Waals surface area (Å²) in [7, 11) is 0. The van der Waals surface area contributed by atoms with E-state index in [1.165, 1.54) is 31.9 Å². The number of amides is 2. The van der Waals surface area contributed by atoms with Gasteiger partial charge in [0.05, 0.1) is 17.8 Å². The van der Waals surface area contributed by atoms with Crippen LogP contribution in [0.1, 0.15) is 36.0 Å². The first kappa shape index (κ1) is 14.8. The third kappa shape index (κ3) is 3.05. The molecule has 2 fully saturated rings. The lowest BCUT2D eigenvalue weighted by Crippen LogP contribution is -2.52. The molecule has 0 bridgehead atoms. The summed E-state index contributed by atoms with van der Waals surface area (Å²) in [5.74, 6) is 0.284. The fourth-order valence-corrected chi connectivity index (χ4v) is 3.46. The summed E-state index contributed by atoms with van der Waals surface area (Å²) in [6, 6.07) is 1.75. The second kappa shape index (κ2) is 6.34. The van der Waals surface area contributed by atoms with Crippen LogP contribution in [0.5, 0.6) is 0 Å². The molecule has 6 heteroatoms. The lowest BCUT2D eigenvalue weighted by molar-refractivity contribution is -0.131. The van der Waals surface area contributed by atoms with E-state index in [9.17, 15) is 9.59 Å². The molecule has 0 aromatic carbocycles. The number of piperazine rings is 1. The van der Waals surface area contributed by atoms with Crippen LogP contribution >= 0.6 is 0 Å². The van der Waals surface area contributed by atoms with Crippen molar-refractivity contribution >= 4 is 17.5 Å². The molecule has 1 aromatic rings. The summed E-state index contributed by atoms with van der Waals surface area (Å²) in [5, 5.41) is 0. The first-order valence-electron chi connectivity index (χ1n) is 7.91. The van der Waals surface area contributed by atoms with E-state index in [1.54, 1.807) is 12.3 Å². The molecule has 118 valence electrons. The Kier molecular flexibility index (Phi) is 4.27. The molecule has 2 heterocycles. The first-order valence-corrected chi connectivity index (χ1v) is 7.91. The van der Waals surface area contributed by atoms with E-state index in [1.807, 2.05) is 9.80 Å². The third-order valence-corrected chi connectivity index (χ3v) is 4.68. The molecular formula is C16H22N4O2. The van der Waals surface area contributed by atoms with Crippen LogP contribution in [0.2, 0.25) is 0 Å². The maximum atomic E-state index is 12.4. The fourth-order valence-electron chi connectivity index (χ4n) is 3.46. The van der Waals surface area contributed by atoms with Crippen molar-refractivity contribution in [3.63, 3.8) is 0 Å². The number of anilines is 1. The number of carbonyl (C=O) groups excluding carboxylic acids is 2. The highest BCUT2D eigenvalue weighted by atomic mass is 16.2. The minimum absolute atomic E-state index is 0.130. The molecular weight excluding hydrogens is 280 g/mol. The van der Waals surface area contributed by atoms with E-state index in [0.29, 0.717) is 30.3 Å². The monoisotopic (exact) mass is 302 g/mol. The van der Waals surface area contributed by atoms with Gasteiger partial charge in [-0.1, -0.05) is 12.8 Å². The van der Waals surface area contributed by atoms with Crippen molar-refractivity contribution in [1.29, 1.82) is 0 Å². The summed E-state index contributed by atoms with van der Waals surface area (Å²) < 4.78 is 0. The van der Waals surface area contributed by atoms with E-state index >= 15 is 0 Å². The molecule has 6 nitrogen and oxygen atoms in total. The summed E-state index contributed by atoms with van der Waals surface area (Å²) in [6.45, 7) is 2.61. The summed E-state index contributed by atoms with van der Waals surface area (Å²) in [4.78, 5) is 31.7. The van der Waals surface area contributed by atoms with E-state index in [-0.39, 0.29) is 5.91 Å². The molecule has 2 aliphatic rings. The Morgan fingerprint density at radius 1 is 1.32 bits per heavy atom. The van der Waals surface area contributed by atoms with E-state index in [2.05, 4.69) is 4.98 Å². The van der Waals surface area contributed by atoms with E-state index in [4.69, 9.17) is 5.73 Å². The molecule has 1 saturated carbocycles. The van der Waals surface area contributed by atoms with Gasteiger partial charge in [-0.05, 0) is 24.8 Å². The lowest BCUT2D eigenvalue weighted by Gasteiger charge is -2.37. The second-order valence-electron chi connectivity index (χ2n) is 6.17. The molecule has 2 N–H and O–H groups in total. The summed E-state index contributed by atoms with van der Waals surface area (Å²) in [6.07, 6.45) is 8.15. The zero-order valence-corrected chi connectivity index (χ0v) is 12.7. The van der Waals surface area contributed by atoms with Gasteiger partial charge >= 0.3 is 0 Å². The Bertz CT molecular complexity index is 569. The van der Waals surface area contributed by atoms with Gasteiger partial charge in [0, 0.05) is 32.0 Å². The standard InChI is InChI=1S/C16H22N4O2/c17-16(22)13-9-18-6-5-14(13)19-7-8-20(15(21)11-19)10-12-3-1-2-4-12/h5-6,9,12H,1-4,7-8,10-11H2,(H2,17,22). The molecule has 0 radical (unpaired) electrons. The number of hydrogen-bond donors (Lipinski definition) is 1. The van der Waals surface area contributed by atoms with Crippen molar-refractivity contribution in [2.75, 3.05) is 31.1 Å². The maximum absolute atomic E-state index is 12.4. The molecule has 2 amide bonds. The van der Waals surface area contributed by atoms with Crippen LogP contribution in [0.15, 0.2) is 18.5 Å². The predicted octanol–water partition coefficient (Wildman–Crippen LogP) is 1.02. The molecule has 0 spiro atoms. The van der Waals surface area contributed by atoms with Crippen molar-refractivity contribution in [3.8, 4) is 0 Å². The summed E-state index contributed by atoms with van der Waals surface area (Å²) >= 11 is 0. The number of rotatable bonds is 4. The Morgan fingerprint density at radius 2 is 2.09 bits per heavy atom. The Balaban J connectivity index is 1.67. The van der Waals surface area contributed by atoms with Gasteiger partial charge in [-0.2, -0.15) is 0 Å². The van der Waals surface area contributed by atoms with E-state index < -0.39 is 5.91 Å². The predicted molar refractivity (Wildman–Crippen MR) is 83.5 cm³/mol. The second-order valence-corrected chi connectivity index (χ2v) is 6.17. The number of aromatic nitrogens is 1. The molecule has 1 aliphatic heterocycles. The Labute approximate surface area is 130 Å². The lowest BCUT2D eigenvalue weighted by atomic mass is 10.1. The SMILES string of the molecule is NC(=O)c1cnccc1N1CCN(CC2CCCC2)C(=O)C1. The van der Waals surface area contributed by atoms with Crippen LogP contribution in [0.3, 0.4) is 0 Å². The van der Waals surface area contributed by atoms with Crippen molar-refractivity contribution in [1.82, 2.24) is 9.88 Å². The van der Waals surface area contributed by atoms with Gasteiger partial charge in [0.25, 0.3) is 5.91 Å². The average molecular weight is 302 g/mol. The van der Waals surface area contributed by atoms with Crippen LogP contribution in [0.25, 0.3) is 0 Å². The van der Waals surface area contributed by atoms with Gasteiger partial charge in [0.1, 0.15) is 0 Å². The molecule has 0 atom stereocenters. The topological polar surface area (TPSA) is 79.5 Å². The van der Waals surface area contributed by atoms with Crippen molar-refractivity contribution in [3.05, 3.63) is 24.0 Å². The molecule has 1 saturated heterocycles. The minimum Gasteiger partial charge on any atom is -0.365 e. The number of pyridine rings is 1. The van der Waals surface area contributed by atoms with Crippen LogP contribution in [0, 0.1) is 5.92 Å². The van der Waals surface area contributed by atoms with Crippen LogP contribution < -0.4 is 10.6 Å². The highest BCUT2D eigenvalue weighted by Crippen LogP contribution is 2.27. The zero-order chi connectivity index (χ0) is 15.5. The summed E-state index contributed by atoms with van der Waals surface area (Å²) in [5.41, 5.74) is 6.47. The quantitative estimate of drug-likeness (QED) is 0.900. The number of carbonyl (C=O) groups is 2. The Hall–Kier alpha value is -2.11. The fraction of sp³-hybridized carbons (Fsp3) is 0.562. The van der Waals surface area contributed by atoms with Gasteiger partial charge in [0.15, 0.2) is 0 Å². The number of hydrogen-bond acceptors (Lipinski definition) is 4. The molecule has 22 heavy (non-hydrogen) atoms. The molecule has 0 unspecified atom stereocenters. The van der Waals surface area contributed by atoms with Crippen molar-refractivity contribution in [2.45, 2.75) is 25.7 Å². The van der Waals surface area contributed by atoms with Gasteiger partial charge in [-0.15, -0.1) is 0 Å². The van der Waals surface area contributed by atoms with E-state index in [0.717, 1.165) is 13.1 Å².